The first-order valence-electron chi connectivity index (χ1n) is 10.8. The summed E-state index contributed by atoms with van der Waals surface area (Å²) in [7, 11) is 1.53. The Labute approximate surface area is 202 Å². The molecule has 3 heterocycles. The number of H-pyrrole nitrogens is 1. The Morgan fingerprint density at radius 3 is 2.61 bits per heavy atom. The number of ether oxygens (including phenoxy) is 1. The molecular formula is C23H21F3N8O2. The molecule has 1 aliphatic rings. The molecule has 2 aromatic heterocycles. The number of benzene rings is 2. The maximum Gasteiger partial charge on any atom is 0.435 e. The minimum Gasteiger partial charge on any atom is -0.382 e. The third-order valence-corrected chi connectivity index (χ3v) is 5.94. The predicted molar refractivity (Wildman–Crippen MR) is 128 cm³/mol. The van der Waals surface area contributed by atoms with Crippen molar-refractivity contribution in [3.05, 3.63) is 59.9 Å². The summed E-state index contributed by atoms with van der Waals surface area (Å²) in [5.74, 6) is -0.603. The van der Waals surface area contributed by atoms with Crippen LogP contribution in [0.25, 0.3) is 16.6 Å². The van der Waals surface area contributed by atoms with Crippen molar-refractivity contribution in [1.29, 1.82) is 5.41 Å². The quantitative estimate of drug-likeness (QED) is 0.330. The SMILES string of the molecule is COC1C(=N)CCN1c1ccc(NC(=O)c2cc(C(F)(F)F)nn2-c2ccc3[nH]nc(N)c3c2)cc1. The zero-order chi connectivity index (χ0) is 25.6. The number of carbonyl (C=O) groups is 1. The molecular weight excluding hydrogens is 477 g/mol. The van der Waals surface area contributed by atoms with Crippen molar-refractivity contribution >= 4 is 39.7 Å². The van der Waals surface area contributed by atoms with Crippen LogP contribution in [0.5, 0.6) is 0 Å². The van der Waals surface area contributed by atoms with Crippen LogP contribution in [0.3, 0.4) is 0 Å². The molecule has 0 spiro atoms. The number of hydrogen-bond acceptors (Lipinski definition) is 7. The van der Waals surface area contributed by atoms with E-state index in [0.717, 1.165) is 10.4 Å². The number of amides is 1. The summed E-state index contributed by atoms with van der Waals surface area (Å²) in [4.78, 5) is 15.0. The molecule has 0 aliphatic carbocycles. The monoisotopic (exact) mass is 498 g/mol. The second kappa shape index (κ2) is 8.68. The number of nitrogens with zero attached hydrogens (tertiary/aromatic N) is 4. The molecule has 0 bridgehead atoms. The Balaban J connectivity index is 1.44. The van der Waals surface area contributed by atoms with E-state index in [0.29, 0.717) is 41.3 Å². The lowest BCUT2D eigenvalue weighted by Gasteiger charge is -2.25. The number of alkyl halides is 3. The lowest BCUT2D eigenvalue weighted by Crippen LogP contribution is -2.34. The van der Waals surface area contributed by atoms with E-state index in [1.54, 1.807) is 30.3 Å². The standard InChI is InChI=1S/C23H21F3N8O2/c1-36-22-16(27)8-9-33(22)13-4-2-12(3-5-13)29-21(35)18-11-19(23(24,25)26)32-34(18)14-6-7-17-15(10-14)20(28)31-30-17/h2-7,10-11,22,27H,8-9H2,1H3,(H,29,35)(H3,28,30,31). The molecule has 5 rings (SSSR count). The summed E-state index contributed by atoms with van der Waals surface area (Å²) in [6.07, 6.45) is -4.62. The first-order chi connectivity index (χ1) is 17.2. The maximum atomic E-state index is 13.5. The Morgan fingerprint density at radius 1 is 1.19 bits per heavy atom. The summed E-state index contributed by atoms with van der Waals surface area (Å²) in [6.45, 7) is 0.619. The summed E-state index contributed by atoms with van der Waals surface area (Å²) in [5.41, 5.74) is 6.76. The normalized spacial score (nSPS) is 16.2. The Kier molecular flexibility index (Phi) is 5.63. The molecule has 1 amide bonds. The van der Waals surface area contributed by atoms with E-state index in [9.17, 15) is 18.0 Å². The van der Waals surface area contributed by atoms with Crippen molar-refractivity contribution in [1.82, 2.24) is 20.0 Å². The van der Waals surface area contributed by atoms with Crippen LogP contribution in [0.1, 0.15) is 22.6 Å². The van der Waals surface area contributed by atoms with Crippen LogP contribution in [0.4, 0.5) is 30.4 Å². The third kappa shape index (κ3) is 4.13. The van der Waals surface area contributed by atoms with Gasteiger partial charge >= 0.3 is 6.18 Å². The van der Waals surface area contributed by atoms with E-state index in [1.165, 1.54) is 19.2 Å². The molecule has 13 heteroatoms. The van der Waals surface area contributed by atoms with Crippen molar-refractivity contribution in [2.45, 2.75) is 18.8 Å². The van der Waals surface area contributed by atoms with Crippen LogP contribution in [0.2, 0.25) is 0 Å². The van der Waals surface area contributed by atoms with Gasteiger partial charge in [-0.3, -0.25) is 9.89 Å². The highest BCUT2D eigenvalue weighted by molar-refractivity contribution is 6.04. The van der Waals surface area contributed by atoms with Gasteiger partial charge in [0.1, 0.15) is 5.69 Å². The Hall–Kier alpha value is -4.39. The van der Waals surface area contributed by atoms with Gasteiger partial charge in [0.15, 0.2) is 17.7 Å². The number of rotatable bonds is 5. The maximum absolute atomic E-state index is 13.5. The van der Waals surface area contributed by atoms with Crippen molar-refractivity contribution in [2.24, 2.45) is 0 Å². The number of anilines is 3. The van der Waals surface area contributed by atoms with Gasteiger partial charge in [0.25, 0.3) is 5.91 Å². The van der Waals surface area contributed by atoms with Crippen LogP contribution in [-0.4, -0.2) is 51.5 Å². The number of fused-ring (bicyclic) bond motifs is 1. The lowest BCUT2D eigenvalue weighted by atomic mass is 10.2. The molecule has 0 saturated carbocycles. The Bertz CT molecular complexity index is 1460. The molecule has 0 radical (unpaired) electrons. The molecule has 5 N–H and O–H groups in total. The van der Waals surface area contributed by atoms with E-state index in [1.807, 2.05) is 4.90 Å². The van der Waals surface area contributed by atoms with Gasteiger partial charge in [-0.15, -0.1) is 0 Å². The molecule has 1 saturated heterocycles. The summed E-state index contributed by atoms with van der Waals surface area (Å²) >= 11 is 0. The summed E-state index contributed by atoms with van der Waals surface area (Å²) in [6, 6.07) is 12.1. The number of nitrogen functional groups attached to an aromatic ring is 1. The minimum atomic E-state index is -4.75. The average Bonchev–Trinajstić information content (AvgIpc) is 3.56. The van der Waals surface area contributed by atoms with Crippen LogP contribution in [-0.2, 0) is 10.9 Å². The van der Waals surface area contributed by atoms with Gasteiger partial charge in [0.2, 0.25) is 0 Å². The van der Waals surface area contributed by atoms with E-state index in [2.05, 4.69) is 20.6 Å². The van der Waals surface area contributed by atoms with Crippen LogP contribution in [0.15, 0.2) is 48.5 Å². The predicted octanol–water partition coefficient (Wildman–Crippen LogP) is 3.80. The summed E-state index contributed by atoms with van der Waals surface area (Å²) < 4.78 is 46.7. The highest BCUT2D eigenvalue weighted by Gasteiger charge is 2.36. The fourth-order valence-corrected chi connectivity index (χ4v) is 4.17. The number of halogens is 3. The minimum absolute atomic E-state index is 0.171. The molecule has 1 aliphatic heterocycles. The fourth-order valence-electron chi connectivity index (χ4n) is 4.17. The van der Waals surface area contributed by atoms with E-state index in [-0.39, 0.29) is 17.2 Å². The molecule has 1 unspecified atom stereocenters. The molecule has 4 aromatic rings. The van der Waals surface area contributed by atoms with Gasteiger partial charge in [0, 0.05) is 42.9 Å². The van der Waals surface area contributed by atoms with Crippen molar-refractivity contribution in [3.8, 4) is 5.69 Å². The zero-order valence-electron chi connectivity index (χ0n) is 18.9. The highest BCUT2D eigenvalue weighted by Crippen LogP contribution is 2.31. The van der Waals surface area contributed by atoms with Crippen molar-refractivity contribution in [3.63, 3.8) is 0 Å². The lowest BCUT2D eigenvalue weighted by molar-refractivity contribution is -0.141. The first kappa shape index (κ1) is 23.4. The molecule has 1 atom stereocenters. The third-order valence-electron chi connectivity index (χ3n) is 5.94. The molecule has 2 aromatic carbocycles. The number of aromatic amines is 1. The molecule has 36 heavy (non-hydrogen) atoms. The zero-order valence-corrected chi connectivity index (χ0v) is 18.9. The van der Waals surface area contributed by atoms with Gasteiger partial charge < -0.3 is 26.1 Å². The van der Waals surface area contributed by atoms with E-state index < -0.39 is 24.0 Å². The topological polar surface area (TPSA) is 138 Å². The Morgan fingerprint density at radius 2 is 1.92 bits per heavy atom. The molecule has 1 fully saturated rings. The van der Waals surface area contributed by atoms with Crippen LogP contribution in [0, 0.1) is 5.41 Å². The van der Waals surface area contributed by atoms with E-state index >= 15 is 0 Å². The first-order valence-corrected chi connectivity index (χ1v) is 10.8. The number of carbonyl (C=O) groups excluding carboxylic acids is 1. The number of hydrogen-bond donors (Lipinski definition) is 4. The average molecular weight is 498 g/mol. The highest BCUT2D eigenvalue weighted by atomic mass is 19.4. The van der Waals surface area contributed by atoms with Gasteiger partial charge in [-0.1, -0.05) is 0 Å². The van der Waals surface area contributed by atoms with E-state index in [4.69, 9.17) is 15.9 Å². The number of methoxy groups -OCH3 is 1. The van der Waals surface area contributed by atoms with Crippen LogP contribution >= 0.6 is 0 Å². The van der Waals surface area contributed by atoms with Crippen LogP contribution < -0.4 is 16.0 Å². The molecule has 186 valence electrons. The molecule has 10 nitrogen and oxygen atoms in total. The van der Waals surface area contributed by atoms with Gasteiger partial charge in [-0.05, 0) is 42.5 Å². The van der Waals surface area contributed by atoms with Gasteiger partial charge in [0.05, 0.1) is 16.9 Å². The number of aromatic nitrogens is 4. The number of nitrogens with two attached hydrogens (primary N) is 1. The van der Waals surface area contributed by atoms with Gasteiger partial charge in [-0.2, -0.15) is 23.4 Å². The summed E-state index contributed by atoms with van der Waals surface area (Å²) in [5, 5.41) is 21.3. The second-order valence-electron chi connectivity index (χ2n) is 8.22. The smallest absolute Gasteiger partial charge is 0.382 e. The van der Waals surface area contributed by atoms with Gasteiger partial charge in [-0.25, -0.2) is 4.68 Å². The van der Waals surface area contributed by atoms with Crippen molar-refractivity contribution in [2.75, 3.05) is 29.6 Å². The largest absolute Gasteiger partial charge is 0.435 e. The fraction of sp³-hybridized carbons (Fsp3) is 0.217. The van der Waals surface area contributed by atoms with Crippen molar-refractivity contribution < 1.29 is 22.7 Å². The second-order valence-corrected chi connectivity index (χ2v) is 8.22. The number of nitrogens with one attached hydrogen (secondary N) is 3.